The summed E-state index contributed by atoms with van der Waals surface area (Å²) in [5, 5.41) is 0.494. The van der Waals surface area contributed by atoms with Crippen LogP contribution in [0.3, 0.4) is 0 Å². The molecule has 2 aromatic carbocycles. The summed E-state index contributed by atoms with van der Waals surface area (Å²) in [5.41, 5.74) is 1.46. The molecule has 0 N–H and O–H groups in total. The molecular formula is C20H20BrN3O2. The van der Waals surface area contributed by atoms with Crippen molar-refractivity contribution in [3.05, 3.63) is 75.2 Å². The first-order valence-corrected chi connectivity index (χ1v) is 9.23. The van der Waals surface area contributed by atoms with Gasteiger partial charge in [0.1, 0.15) is 6.54 Å². The summed E-state index contributed by atoms with van der Waals surface area (Å²) in [6, 6.07) is 15.2. The molecule has 0 atom stereocenters. The Kier molecular flexibility index (Phi) is 5.52. The van der Waals surface area contributed by atoms with Crippen LogP contribution in [0.2, 0.25) is 0 Å². The predicted molar refractivity (Wildman–Crippen MR) is 106 cm³/mol. The molecule has 5 nitrogen and oxygen atoms in total. The van der Waals surface area contributed by atoms with E-state index in [9.17, 15) is 9.59 Å². The maximum absolute atomic E-state index is 12.8. The lowest BCUT2D eigenvalue weighted by Crippen LogP contribution is -2.40. The van der Waals surface area contributed by atoms with Gasteiger partial charge in [0.2, 0.25) is 5.91 Å². The van der Waals surface area contributed by atoms with Crippen molar-refractivity contribution in [2.45, 2.75) is 33.0 Å². The molecule has 0 fully saturated rings. The number of fused-ring (bicyclic) bond motifs is 1. The lowest BCUT2D eigenvalue weighted by Gasteiger charge is -2.27. The number of amides is 1. The largest absolute Gasteiger partial charge is 0.334 e. The summed E-state index contributed by atoms with van der Waals surface area (Å²) in [7, 11) is 0. The number of carbonyl (C=O) groups excluding carboxylic acids is 1. The van der Waals surface area contributed by atoms with Gasteiger partial charge in [-0.25, -0.2) is 4.98 Å². The molecule has 0 saturated carbocycles. The van der Waals surface area contributed by atoms with Gasteiger partial charge in [-0.15, -0.1) is 0 Å². The second kappa shape index (κ2) is 7.83. The minimum Gasteiger partial charge on any atom is -0.334 e. The minimum atomic E-state index is -0.215. The maximum Gasteiger partial charge on any atom is 0.261 e. The zero-order valence-corrected chi connectivity index (χ0v) is 16.3. The first-order valence-electron chi connectivity index (χ1n) is 8.44. The molecule has 1 amide bonds. The lowest BCUT2D eigenvalue weighted by atomic mass is 10.2. The second-order valence-corrected chi connectivity index (χ2v) is 7.36. The predicted octanol–water partition coefficient (Wildman–Crippen LogP) is 3.60. The molecule has 3 rings (SSSR count). The highest BCUT2D eigenvalue weighted by atomic mass is 79.9. The topological polar surface area (TPSA) is 55.2 Å². The fourth-order valence-corrected chi connectivity index (χ4v) is 3.18. The smallest absolute Gasteiger partial charge is 0.261 e. The van der Waals surface area contributed by atoms with Crippen LogP contribution in [0, 0.1) is 0 Å². The Morgan fingerprint density at radius 1 is 1.19 bits per heavy atom. The third-order valence-corrected chi connectivity index (χ3v) is 4.72. The van der Waals surface area contributed by atoms with Crippen molar-refractivity contribution in [2.24, 2.45) is 0 Å². The molecule has 0 unspecified atom stereocenters. The highest BCUT2D eigenvalue weighted by molar-refractivity contribution is 9.10. The molecule has 0 aliphatic heterocycles. The van der Waals surface area contributed by atoms with Crippen molar-refractivity contribution in [3.63, 3.8) is 0 Å². The van der Waals surface area contributed by atoms with Crippen LogP contribution in [0.1, 0.15) is 19.4 Å². The third kappa shape index (κ3) is 4.02. The summed E-state index contributed by atoms with van der Waals surface area (Å²) in [5.74, 6) is -0.109. The standard InChI is InChI=1S/C20H20BrN3O2/c1-14(2)24(11-15-6-4-3-5-7-15)19(25)12-23-13-22-18-9-8-16(21)10-17(18)20(23)26/h3-10,13-14H,11-12H2,1-2H3. The Bertz CT molecular complexity index is 983. The van der Waals surface area contributed by atoms with Gasteiger partial charge in [0.25, 0.3) is 5.56 Å². The van der Waals surface area contributed by atoms with Gasteiger partial charge in [-0.3, -0.25) is 14.2 Å². The number of aromatic nitrogens is 2. The molecule has 26 heavy (non-hydrogen) atoms. The van der Waals surface area contributed by atoms with E-state index in [1.165, 1.54) is 10.9 Å². The van der Waals surface area contributed by atoms with E-state index in [1.807, 2.05) is 50.2 Å². The van der Waals surface area contributed by atoms with E-state index in [1.54, 1.807) is 17.0 Å². The van der Waals surface area contributed by atoms with Crippen LogP contribution >= 0.6 is 15.9 Å². The average molecular weight is 414 g/mol. The molecule has 0 spiro atoms. The summed E-state index contributed by atoms with van der Waals surface area (Å²) in [4.78, 5) is 31.6. The zero-order chi connectivity index (χ0) is 18.7. The van der Waals surface area contributed by atoms with Gasteiger partial charge in [0, 0.05) is 17.1 Å². The first kappa shape index (κ1) is 18.3. The van der Waals surface area contributed by atoms with Gasteiger partial charge < -0.3 is 4.90 Å². The second-order valence-electron chi connectivity index (χ2n) is 6.44. The van der Waals surface area contributed by atoms with E-state index in [-0.39, 0.29) is 24.1 Å². The Labute approximate surface area is 160 Å². The molecule has 134 valence electrons. The highest BCUT2D eigenvalue weighted by Crippen LogP contribution is 2.15. The fraction of sp³-hybridized carbons (Fsp3) is 0.250. The van der Waals surface area contributed by atoms with Crippen LogP contribution in [0.5, 0.6) is 0 Å². The number of halogens is 1. The Balaban J connectivity index is 1.86. The number of carbonyl (C=O) groups is 1. The maximum atomic E-state index is 12.8. The molecule has 0 bridgehead atoms. The molecule has 0 aliphatic carbocycles. The van der Waals surface area contributed by atoms with Crippen LogP contribution in [0.15, 0.2) is 64.1 Å². The van der Waals surface area contributed by atoms with Crippen LogP contribution in [0.25, 0.3) is 10.9 Å². The monoisotopic (exact) mass is 413 g/mol. The fourth-order valence-electron chi connectivity index (χ4n) is 2.82. The summed E-state index contributed by atoms with van der Waals surface area (Å²) < 4.78 is 2.18. The van der Waals surface area contributed by atoms with Gasteiger partial charge in [-0.2, -0.15) is 0 Å². The minimum absolute atomic E-state index is 0.0285. The Morgan fingerprint density at radius 2 is 1.92 bits per heavy atom. The normalized spacial score (nSPS) is 11.1. The molecule has 0 saturated heterocycles. The van der Waals surface area contributed by atoms with Gasteiger partial charge in [0.15, 0.2) is 0 Å². The first-order chi connectivity index (χ1) is 12.5. The van der Waals surface area contributed by atoms with Crippen LogP contribution in [0.4, 0.5) is 0 Å². The van der Waals surface area contributed by atoms with Gasteiger partial charge >= 0.3 is 0 Å². The number of benzene rings is 2. The average Bonchev–Trinajstić information content (AvgIpc) is 2.63. The van der Waals surface area contributed by atoms with Crippen LogP contribution in [-0.2, 0) is 17.9 Å². The third-order valence-electron chi connectivity index (χ3n) is 4.23. The Hall–Kier alpha value is -2.47. The molecule has 1 heterocycles. The quantitative estimate of drug-likeness (QED) is 0.641. The molecule has 3 aromatic rings. The van der Waals surface area contributed by atoms with Crippen molar-refractivity contribution in [3.8, 4) is 0 Å². The zero-order valence-electron chi connectivity index (χ0n) is 14.7. The van der Waals surface area contributed by atoms with E-state index in [0.717, 1.165) is 10.0 Å². The van der Waals surface area contributed by atoms with E-state index in [2.05, 4.69) is 20.9 Å². The summed E-state index contributed by atoms with van der Waals surface area (Å²) in [6.45, 7) is 4.43. The van der Waals surface area contributed by atoms with Crippen molar-refractivity contribution < 1.29 is 4.79 Å². The van der Waals surface area contributed by atoms with Crippen molar-refractivity contribution in [1.82, 2.24) is 14.5 Å². The van der Waals surface area contributed by atoms with Gasteiger partial charge in [-0.05, 0) is 37.6 Å². The highest BCUT2D eigenvalue weighted by Gasteiger charge is 2.18. The van der Waals surface area contributed by atoms with Crippen LogP contribution < -0.4 is 5.56 Å². The van der Waals surface area contributed by atoms with Gasteiger partial charge in [0.05, 0.1) is 17.2 Å². The van der Waals surface area contributed by atoms with Crippen LogP contribution in [-0.4, -0.2) is 26.4 Å². The van der Waals surface area contributed by atoms with Crippen molar-refractivity contribution in [2.75, 3.05) is 0 Å². The lowest BCUT2D eigenvalue weighted by molar-refractivity contribution is -0.134. The van der Waals surface area contributed by atoms with E-state index >= 15 is 0 Å². The Morgan fingerprint density at radius 3 is 2.62 bits per heavy atom. The van der Waals surface area contributed by atoms with E-state index < -0.39 is 0 Å². The molecular weight excluding hydrogens is 394 g/mol. The van der Waals surface area contributed by atoms with E-state index in [0.29, 0.717) is 17.4 Å². The van der Waals surface area contributed by atoms with E-state index in [4.69, 9.17) is 0 Å². The SMILES string of the molecule is CC(C)N(Cc1ccccc1)C(=O)Cn1cnc2ccc(Br)cc2c1=O. The molecule has 0 radical (unpaired) electrons. The summed E-state index contributed by atoms with van der Waals surface area (Å²) >= 11 is 3.37. The summed E-state index contributed by atoms with van der Waals surface area (Å²) in [6.07, 6.45) is 1.44. The van der Waals surface area contributed by atoms with Gasteiger partial charge in [-0.1, -0.05) is 46.3 Å². The van der Waals surface area contributed by atoms with Crippen molar-refractivity contribution in [1.29, 1.82) is 0 Å². The molecule has 0 aliphatic rings. The number of hydrogen-bond acceptors (Lipinski definition) is 3. The number of nitrogens with zero attached hydrogens (tertiary/aromatic N) is 3. The molecule has 1 aromatic heterocycles. The van der Waals surface area contributed by atoms with Crippen molar-refractivity contribution >= 4 is 32.7 Å². The molecule has 6 heteroatoms. The number of hydrogen-bond donors (Lipinski definition) is 0. The number of rotatable bonds is 5.